The van der Waals surface area contributed by atoms with Crippen molar-refractivity contribution < 1.29 is 4.79 Å². The monoisotopic (exact) mass is 185 g/mol. The first kappa shape index (κ1) is 10.5. The number of amides is 1. The molecule has 4 heteroatoms. The van der Waals surface area contributed by atoms with Gasteiger partial charge in [-0.25, -0.2) is 0 Å². The second-order valence-corrected chi connectivity index (χ2v) is 3.81. The molecular weight excluding hydrogens is 166 g/mol. The van der Waals surface area contributed by atoms with Gasteiger partial charge in [-0.2, -0.15) is 0 Å². The molecule has 1 heterocycles. The first-order chi connectivity index (χ1) is 6.11. The molecule has 1 amide bonds. The maximum absolute atomic E-state index is 10.6. The Labute approximate surface area is 79.5 Å². The topological polar surface area (TPSA) is 58.4 Å². The number of nitrogens with two attached hydrogens (primary N) is 1. The van der Waals surface area contributed by atoms with Crippen LogP contribution in [0.4, 0.5) is 0 Å². The molecule has 3 N–H and O–H groups in total. The Kier molecular flexibility index (Phi) is 3.69. The van der Waals surface area contributed by atoms with E-state index < -0.39 is 0 Å². The second kappa shape index (κ2) is 4.58. The van der Waals surface area contributed by atoms with Crippen molar-refractivity contribution in [1.82, 2.24) is 10.2 Å². The molecule has 0 spiro atoms. The van der Waals surface area contributed by atoms with Gasteiger partial charge in [-0.3, -0.25) is 9.69 Å². The lowest BCUT2D eigenvalue weighted by molar-refractivity contribution is -0.118. The number of hydrogen-bond acceptors (Lipinski definition) is 3. The minimum atomic E-state index is -0.210. The predicted molar refractivity (Wildman–Crippen MR) is 52.3 cm³/mol. The van der Waals surface area contributed by atoms with E-state index in [1.165, 1.54) is 0 Å². The molecule has 0 radical (unpaired) electrons. The van der Waals surface area contributed by atoms with E-state index in [-0.39, 0.29) is 5.91 Å². The lowest BCUT2D eigenvalue weighted by atomic mass is 10.1. The van der Waals surface area contributed by atoms with Gasteiger partial charge in [0.2, 0.25) is 5.91 Å². The van der Waals surface area contributed by atoms with Gasteiger partial charge in [0.25, 0.3) is 0 Å². The third kappa shape index (κ3) is 2.97. The summed E-state index contributed by atoms with van der Waals surface area (Å²) in [5.74, 6) is -0.210. The minimum Gasteiger partial charge on any atom is -0.370 e. The third-order valence-electron chi connectivity index (χ3n) is 2.63. The average Bonchev–Trinajstić information content (AvgIpc) is 2.03. The molecule has 1 saturated heterocycles. The number of piperazine rings is 1. The zero-order chi connectivity index (χ0) is 9.84. The summed E-state index contributed by atoms with van der Waals surface area (Å²) in [6.07, 6.45) is 0.467. The van der Waals surface area contributed by atoms with E-state index in [2.05, 4.69) is 24.1 Å². The molecule has 0 aromatic rings. The van der Waals surface area contributed by atoms with Crippen molar-refractivity contribution in [3.63, 3.8) is 0 Å². The summed E-state index contributed by atoms with van der Waals surface area (Å²) >= 11 is 0. The molecule has 76 valence electrons. The lowest BCUT2D eigenvalue weighted by Crippen LogP contribution is -2.55. The highest BCUT2D eigenvalue weighted by atomic mass is 16.1. The molecule has 13 heavy (non-hydrogen) atoms. The number of nitrogens with zero attached hydrogens (tertiary/aromatic N) is 1. The zero-order valence-corrected chi connectivity index (χ0v) is 8.42. The van der Waals surface area contributed by atoms with Crippen LogP contribution in [0.25, 0.3) is 0 Å². The predicted octanol–water partition coefficient (Wildman–Crippen LogP) is -0.456. The van der Waals surface area contributed by atoms with Crippen molar-refractivity contribution in [2.45, 2.75) is 32.4 Å². The maximum atomic E-state index is 10.6. The Bertz CT molecular complexity index is 174. The van der Waals surface area contributed by atoms with Crippen molar-refractivity contribution in [2.24, 2.45) is 5.73 Å². The number of carbonyl (C=O) groups excluding carboxylic acids is 1. The largest absolute Gasteiger partial charge is 0.370 e. The summed E-state index contributed by atoms with van der Waals surface area (Å²) < 4.78 is 0. The van der Waals surface area contributed by atoms with Gasteiger partial charge in [-0.1, -0.05) is 0 Å². The van der Waals surface area contributed by atoms with Crippen LogP contribution in [0.15, 0.2) is 0 Å². The molecule has 1 aliphatic rings. The zero-order valence-electron chi connectivity index (χ0n) is 8.42. The molecule has 1 aliphatic heterocycles. The van der Waals surface area contributed by atoms with Crippen LogP contribution in [0.1, 0.15) is 20.3 Å². The van der Waals surface area contributed by atoms with Gasteiger partial charge >= 0.3 is 0 Å². The van der Waals surface area contributed by atoms with Gasteiger partial charge in [-0.15, -0.1) is 0 Å². The molecule has 4 nitrogen and oxygen atoms in total. The van der Waals surface area contributed by atoms with E-state index in [0.29, 0.717) is 18.5 Å². The van der Waals surface area contributed by atoms with Crippen LogP contribution in [0, 0.1) is 0 Å². The van der Waals surface area contributed by atoms with Crippen molar-refractivity contribution in [1.29, 1.82) is 0 Å². The fourth-order valence-corrected chi connectivity index (χ4v) is 1.85. The summed E-state index contributed by atoms with van der Waals surface area (Å²) in [5, 5.41) is 3.34. The SMILES string of the molecule is CC1CNCC(C)N1CCC(N)=O. The minimum absolute atomic E-state index is 0.210. The van der Waals surface area contributed by atoms with Crippen LogP contribution in [-0.2, 0) is 4.79 Å². The van der Waals surface area contributed by atoms with Gasteiger partial charge in [0.15, 0.2) is 0 Å². The Morgan fingerprint density at radius 1 is 1.46 bits per heavy atom. The molecule has 0 bridgehead atoms. The summed E-state index contributed by atoms with van der Waals surface area (Å²) in [5.41, 5.74) is 5.12. The van der Waals surface area contributed by atoms with E-state index in [1.807, 2.05) is 0 Å². The molecule has 0 saturated carbocycles. The molecule has 2 atom stereocenters. The van der Waals surface area contributed by atoms with Gasteiger partial charge in [0.1, 0.15) is 0 Å². The normalized spacial score (nSPS) is 30.3. The number of primary amides is 1. The third-order valence-corrected chi connectivity index (χ3v) is 2.63. The van der Waals surface area contributed by atoms with Crippen molar-refractivity contribution in [3.8, 4) is 0 Å². The molecule has 0 aromatic carbocycles. The van der Waals surface area contributed by atoms with Crippen molar-refractivity contribution in [3.05, 3.63) is 0 Å². The number of hydrogen-bond donors (Lipinski definition) is 2. The fraction of sp³-hybridized carbons (Fsp3) is 0.889. The first-order valence-corrected chi connectivity index (χ1v) is 4.86. The van der Waals surface area contributed by atoms with Crippen LogP contribution >= 0.6 is 0 Å². The Hall–Kier alpha value is -0.610. The van der Waals surface area contributed by atoms with E-state index in [9.17, 15) is 4.79 Å². The van der Waals surface area contributed by atoms with Gasteiger partial charge in [0, 0.05) is 38.1 Å². The number of carbonyl (C=O) groups is 1. The highest BCUT2D eigenvalue weighted by Crippen LogP contribution is 2.09. The maximum Gasteiger partial charge on any atom is 0.218 e. The number of nitrogens with one attached hydrogen (secondary N) is 1. The molecule has 1 rings (SSSR count). The summed E-state index contributed by atoms with van der Waals surface area (Å²) in [4.78, 5) is 13.0. The Balaban J connectivity index is 2.39. The standard InChI is InChI=1S/C9H19N3O/c1-7-5-11-6-8(2)12(7)4-3-9(10)13/h7-8,11H,3-6H2,1-2H3,(H2,10,13). The van der Waals surface area contributed by atoms with Gasteiger partial charge < -0.3 is 11.1 Å². The summed E-state index contributed by atoms with van der Waals surface area (Å²) in [7, 11) is 0. The fourth-order valence-electron chi connectivity index (χ4n) is 1.85. The molecule has 2 unspecified atom stereocenters. The van der Waals surface area contributed by atoms with Crippen LogP contribution in [0.5, 0.6) is 0 Å². The summed E-state index contributed by atoms with van der Waals surface area (Å²) in [6, 6.07) is 1.01. The average molecular weight is 185 g/mol. The quantitative estimate of drug-likeness (QED) is 0.626. The van der Waals surface area contributed by atoms with Crippen LogP contribution in [0.2, 0.25) is 0 Å². The Morgan fingerprint density at radius 3 is 2.46 bits per heavy atom. The van der Waals surface area contributed by atoms with E-state index >= 15 is 0 Å². The smallest absolute Gasteiger partial charge is 0.218 e. The highest BCUT2D eigenvalue weighted by molar-refractivity contribution is 5.73. The molecule has 1 fully saturated rings. The van der Waals surface area contributed by atoms with Crippen molar-refractivity contribution in [2.75, 3.05) is 19.6 Å². The van der Waals surface area contributed by atoms with Crippen molar-refractivity contribution >= 4 is 5.91 Å². The second-order valence-electron chi connectivity index (χ2n) is 3.81. The van der Waals surface area contributed by atoms with Crippen LogP contribution < -0.4 is 11.1 Å². The van der Waals surface area contributed by atoms with Gasteiger partial charge in [-0.05, 0) is 13.8 Å². The van der Waals surface area contributed by atoms with E-state index in [1.54, 1.807) is 0 Å². The Morgan fingerprint density at radius 2 is 2.00 bits per heavy atom. The summed E-state index contributed by atoms with van der Waals surface area (Å²) in [6.45, 7) is 7.14. The van der Waals surface area contributed by atoms with E-state index in [0.717, 1.165) is 19.6 Å². The van der Waals surface area contributed by atoms with Crippen LogP contribution in [-0.4, -0.2) is 42.5 Å². The molecule has 0 aromatic heterocycles. The van der Waals surface area contributed by atoms with Crippen LogP contribution in [0.3, 0.4) is 0 Å². The van der Waals surface area contributed by atoms with Gasteiger partial charge in [0.05, 0.1) is 0 Å². The first-order valence-electron chi connectivity index (χ1n) is 4.86. The lowest BCUT2D eigenvalue weighted by Gasteiger charge is -2.39. The molecular formula is C9H19N3O. The highest BCUT2D eigenvalue weighted by Gasteiger charge is 2.23. The van der Waals surface area contributed by atoms with E-state index in [4.69, 9.17) is 5.73 Å². The number of rotatable bonds is 3. The molecule has 0 aliphatic carbocycles.